The van der Waals surface area contributed by atoms with Crippen LogP contribution in [0.25, 0.3) is 0 Å². The number of pyridine rings is 1. The van der Waals surface area contributed by atoms with Gasteiger partial charge in [0.15, 0.2) is 0 Å². The highest BCUT2D eigenvalue weighted by Crippen LogP contribution is 2.57. The molecule has 0 fully saturated rings. The molecule has 0 saturated carbocycles. The Kier molecular flexibility index (Phi) is 2.62. The quantitative estimate of drug-likeness (QED) is 0.678. The van der Waals surface area contributed by atoms with Gasteiger partial charge in [0.1, 0.15) is 5.60 Å². The van der Waals surface area contributed by atoms with Gasteiger partial charge in [-0.25, -0.2) is 0 Å². The molecule has 1 aliphatic heterocycles. The average molecular weight is 233 g/mol. The fourth-order valence-electron chi connectivity index (χ4n) is 3.50. The topological polar surface area (TPSA) is 22.1 Å². The average Bonchev–Trinajstić information content (AvgIpc) is 2.55. The Hall–Kier alpha value is -0.890. The molecule has 17 heavy (non-hydrogen) atoms. The highest BCUT2D eigenvalue weighted by atomic mass is 16.5. The molecule has 0 aliphatic carbocycles. The molecular weight excluding hydrogens is 210 g/mol. The molecule has 0 radical (unpaired) electrons. The van der Waals surface area contributed by atoms with Crippen molar-refractivity contribution >= 4 is 0 Å². The van der Waals surface area contributed by atoms with Gasteiger partial charge in [-0.1, -0.05) is 41.5 Å². The first-order valence-electron chi connectivity index (χ1n) is 6.27. The van der Waals surface area contributed by atoms with E-state index in [-0.39, 0.29) is 16.4 Å². The minimum Gasteiger partial charge on any atom is -0.364 e. The van der Waals surface area contributed by atoms with Crippen molar-refractivity contribution in [3.05, 3.63) is 29.6 Å². The van der Waals surface area contributed by atoms with Crippen molar-refractivity contribution in [2.24, 2.45) is 10.8 Å². The van der Waals surface area contributed by atoms with Crippen molar-refractivity contribution in [2.45, 2.75) is 53.8 Å². The van der Waals surface area contributed by atoms with Gasteiger partial charge in [-0.2, -0.15) is 0 Å². The van der Waals surface area contributed by atoms with E-state index in [0.29, 0.717) is 6.61 Å². The molecule has 0 N–H and O–H groups in total. The second-order valence-corrected chi connectivity index (χ2v) is 7.00. The van der Waals surface area contributed by atoms with Gasteiger partial charge >= 0.3 is 0 Å². The van der Waals surface area contributed by atoms with E-state index in [4.69, 9.17) is 4.74 Å². The number of ether oxygens (including phenoxy) is 1. The van der Waals surface area contributed by atoms with E-state index >= 15 is 0 Å². The maximum Gasteiger partial charge on any atom is 0.105 e. The summed E-state index contributed by atoms with van der Waals surface area (Å²) in [4.78, 5) is 4.30. The zero-order valence-corrected chi connectivity index (χ0v) is 11.8. The van der Waals surface area contributed by atoms with Crippen LogP contribution in [0, 0.1) is 10.8 Å². The van der Waals surface area contributed by atoms with Crippen molar-refractivity contribution in [1.82, 2.24) is 4.98 Å². The fourth-order valence-corrected chi connectivity index (χ4v) is 3.50. The normalized spacial score (nSPS) is 19.2. The molecule has 2 heterocycles. The van der Waals surface area contributed by atoms with Crippen LogP contribution < -0.4 is 0 Å². The van der Waals surface area contributed by atoms with Crippen LogP contribution in [0.1, 0.15) is 52.7 Å². The van der Waals surface area contributed by atoms with Crippen molar-refractivity contribution in [1.29, 1.82) is 0 Å². The summed E-state index contributed by atoms with van der Waals surface area (Å²) in [6.07, 6.45) is 3.84. The monoisotopic (exact) mass is 233 g/mol. The van der Waals surface area contributed by atoms with Crippen LogP contribution in [0.2, 0.25) is 0 Å². The van der Waals surface area contributed by atoms with Gasteiger partial charge in [0.05, 0.1) is 6.61 Å². The lowest BCUT2D eigenvalue weighted by Gasteiger charge is -2.50. The van der Waals surface area contributed by atoms with Gasteiger partial charge in [-0.05, 0) is 22.5 Å². The molecule has 1 aromatic heterocycles. The first-order valence-corrected chi connectivity index (χ1v) is 6.27. The van der Waals surface area contributed by atoms with Crippen molar-refractivity contribution in [2.75, 3.05) is 0 Å². The number of hydrogen-bond acceptors (Lipinski definition) is 2. The van der Waals surface area contributed by atoms with Crippen LogP contribution in [-0.4, -0.2) is 4.98 Å². The molecule has 1 aromatic rings. The molecule has 0 bridgehead atoms. The van der Waals surface area contributed by atoms with E-state index in [1.165, 1.54) is 11.1 Å². The lowest BCUT2D eigenvalue weighted by molar-refractivity contribution is -0.180. The number of aromatic nitrogens is 1. The summed E-state index contributed by atoms with van der Waals surface area (Å²) < 4.78 is 6.30. The van der Waals surface area contributed by atoms with Crippen molar-refractivity contribution in [3.63, 3.8) is 0 Å². The minimum absolute atomic E-state index is 0.0412. The maximum atomic E-state index is 6.30. The van der Waals surface area contributed by atoms with Crippen LogP contribution in [0.15, 0.2) is 18.5 Å². The van der Waals surface area contributed by atoms with E-state index in [1.807, 2.05) is 12.4 Å². The third-order valence-electron chi connectivity index (χ3n) is 3.85. The summed E-state index contributed by atoms with van der Waals surface area (Å²) in [5, 5.41) is 0. The first-order chi connectivity index (χ1) is 7.70. The van der Waals surface area contributed by atoms with E-state index in [0.717, 1.165) is 0 Å². The molecular formula is C15H23NO. The Labute approximate surface area is 104 Å². The van der Waals surface area contributed by atoms with E-state index in [2.05, 4.69) is 52.6 Å². The van der Waals surface area contributed by atoms with E-state index in [1.54, 1.807) is 0 Å². The van der Waals surface area contributed by atoms with Gasteiger partial charge in [0.2, 0.25) is 0 Å². The Bertz CT molecular complexity index is 409. The van der Waals surface area contributed by atoms with Crippen molar-refractivity contribution in [3.8, 4) is 0 Å². The van der Waals surface area contributed by atoms with E-state index in [9.17, 15) is 0 Å². The number of rotatable bonds is 0. The maximum absolute atomic E-state index is 6.30. The van der Waals surface area contributed by atoms with Crippen LogP contribution in [0.4, 0.5) is 0 Å². The fraction of sp³-hybridized carbons (Fsp3) is 0.667. The standard InChI is InChI=1S/C15H23NO/c1-13(2,3)15(14(4,5)6)12-9-16-8-7-11(12)10-17-15/h7-9H,10H2,1-6H3. The minimum atomic E-state index is -0.260. The Morgan fingerprint density at radius 1 is 1.12 bits per heavy atom. The first kappa shape index (κ1) is 12.6. The van der Waals surface area contributed by atoms with Crippen LogP contribution in [0.3, 0.4) is 0 Å². The summed E-state index contributed by atoms with van der Waals surface area (Å²) in [6, 6.07) is 2.08. The Balaban J connectivity index is 2.68. The summed E-state index contributed by atoms with van der Waals surface area (Å²) in [6.45, 7) is 14.2. The predicted octanol–water partition coefficient (Wildman–Crippen LogP) is 3.90. The van der Waals surface area contributed by atoms with E-state index < -0.39 is 0 Å². The second-order valence-electron chi connectivity index (χ2n) is 7.00. The SMILES string of the molecule is CC(C)(C)C1(C(C)(C)C)OCc2ccncc21. The molecule has 0 aromatic carbocycles. The molecule has 0 spiro atoms. The van der Waals surface area contributed by atoms with Gasteiger partial charge < -0.3 is 4.74 Å². The van der Waals surface area contributed by atoms with Gasteiger partial charge in [0, 0.05) is 18.0 Å². The number of hydrogen-bond donors (Lipinski definition) is 0. The molecule has 2 rings (SSSR count). The number of nitrogens with zero attached hydrogens (tertiary/aromatic N) is 1. The zero-order chi connectivity index (χ0) is 12.9. The van der Waals surface area contributed by atoms with Crippen LogP contribution in [-0.2, 0) is 16.9 Å². The largest absolute Gasteiger partial charge is 0.364 e. The zero-order valence-electron chi connectivity index (χ0n) is 11.8. The lowest BCUT2D eigenvalue weighted by Crippen LogP contribution is -2.50. The highest BCUT2D eigenvalue weighted by molar-refractivity contribution is 5.36. The Morgan fingerprint density at radius 3 is 2.24 bits per heavy atom. The summed E-state index contributed by atoms with van der Waals surface area (Å²) in [5.41, 5.74) is 2.37. The molecule has 0 amide bonds. The molecule has 0 unspecified atom stereocenters. The third-order valence-corrected chi connectivity index (χ3v) is 3.85. The van der Waals surface area contributed by atoms with Gasteiger partial charge in [-0.3, -0.25) is 4.98 Å². The highest BCUT2D eigenvalue weighted by Gasteiger charge is 2.56. The molecule has 0 atom stereocenters. The van der Waals surface area contributed by atoms with Crippen molar-refractivity contribution < 1.29 is 4.74 Å². The van der Waals surface area contributed by atoms with Crippen LogP contribution >= 0.6 is 0 Å². The molecule has 1 aliphatic rings. The molecule has 0 saturated heterocycles. The van der Waals surface area contributed by atoms with Gasteiger partial charge in [0.25, 0.3) is 0 Å². The Morgan fingerprint density at radius 2 is 1.71 bits per heavy atom. The lowest BCUT2D eigenvalue weighted by atomic mass is 9.60. The molecule has 2 heteroatoms. The number of fused-ring (bicyclic) bond motifs is 1. The predicted molar refractivity (Wildman–Crippen MR) is 69.6 cm³/mol. The van der Waals surface area contributed by atoms with Gasteiger partial charge in [-0.15, -0.1) is 0 Å². The molecule has 2 nitrogen and oxygen atoms in total. The smallest absolute Gasteiger partial charge is 0.105 e. The molecule has 94 valence electrons. The summed E-state index contributed by atoms with van der Waals surface area (Å²) >= 11 is 0. The summed E-state index contributed by atoms with van der Waals surface area (Å²) in [5.74, 6) is 0. The summed E-state index contributed by atoms with van der Waals surface area (Å²) in [7, 11) is 0. The van der Waals surface area contributed by atoms with Crippen LogP contribution in [0.5, 0.6) is 0 Å². The second kappa shape index (κ2) is 3.55. The third kappa shape index (κ3) is 1.61.